The number of rotatable bonds is 4. The molecule has 1 amide bonds. The van der Waals surface area contributed by atoms with Gasteiger partial charge in [0.05, 0.1) is 24.6 Å². The molecule has 0 saturated carbocycles. The Morgan fingerprint density at radius 3 is 2.71 bits per heavy atom. The number of H-pyrrole nitrogens is 1. The molecule has 0 radical (unpaired) electrons. The van der Waals surface area contributed by atoms with Crippen molar-refractivity contribution >= 4 is 28.4 Å². The highest BCUT2D eigenvalue weighted by atomic mass is 16.5. The Bertz CT molecular complexity index is 1220. The van der Waals surface area contributed by atoms with Crippen molar-refractivity contribution in [1.82, 2.24) is 14.9 Å². The fourth-order valence-electron chi connectivity index (χ4n) is 4.13. The van der Waals surface area contributed by atoms with Crippen molar-refractivity contribution in [3.05, 3.63) is 76.9 Å². The summed E-state index contributed by atoms with van der Waals surface area (Å²) in [6.45, 7) is 9.93. The molecule has 1 aliphatic heterocycles. The molecule has 0 bridgehead atoms. The van der Waals surface area contributed by atoms with E-state index in [-0.39, 0.29) is 11.6 Å². The van der Waals surface area contributed by atoms with Gasteiger partial charge in [0.25, 0.3) is 11.7 Å². The highest BCUT2D eigenvalue weighted by Crippen LogP contribution is 2.32. The molecule has 1 fully saturated rings. The summed E-state index contributed by atoms with van der Waals surface area (Å²) in [5.74, 6) is -0.656. The zero-order chi connectivity index (χ0) is 22.0. The number of hydrogen-bond acceptors (Lipinski definition) is 4. The lowest BCUT2D eigenvalue weighted by molar-refractivity contribution is -0.128. The van der Waals surface area contributed by atoms with Crippen molar-refractivity contribution in [3.8, 4) is 5.75 Å². The molecule has 1 aliphatic rings. The molecule has 31 heavy (non-hydrogen) atoms. The standard InChI is InChI=1S/C24H22N4O3/c1-15-13-17(21(25-2)16-7-5-4-6-8-16)10-12-28(15)24(30)22(29)18-14-27-23-20(18)19(31-3)9-11-26-23/h4-9,11,14-15H,10,12-13H2,1,3H3,(H,26,27). The molecule has 156 valence electrons. The minimum absolute atomic E-state index is 0.189. The van der Waals surface area contributed by atoms with Gasteiger partial charge in [0.2, 0.25) is 0 Å². The van der Waals surface area contributed by atoms with Gasteiger partial charge < -0.3 is 14.6 Å². The summed E-state index contributed by atoms with van der Waals surface area (Å²) >= 11 is 0. The first-order chi connectivity index (χ1) is 15.0. The Morgan fingerprint density at radius 2 is 2.03 bits per heavy atom. The lowest BCUT2D eigenvalue weighted by atomic mass is 9.93. The predicted molar refractivity (Wildman–Crippen MR) is 117 cm³/mol. The van der Waals surface area contributed by atoms with Crippen molar-refractivity contribution in [2.24, 2.45) is 0 Å². The molecular formula is C24H22N4O3. The molecule has 2 aromatic heterocycles. The van der Waals surface area contributed by atoms with Crippen molar-refractivity contribution in [2.45, 2.75) is 25.8 Å². The van der Waals surface area contributed by atoms with E-state index in [1.54, 1.807) is 17.2 Å². The summed E-state index contributed by atoms with van der Waals surface area (Å²) in [7, 11) is 1.51. The maximum absolute atomic E-state index is 13.1. The Morgan fingerprint density at radius 1 is 1.26 bits per heavy atom. The van der Waals surface area contributed by atoms with Crippen LogP contribution in [0.2, 0.25) is 0 Å². The van der Waals surface area contributed by atoms with Crippen LogP contribution in [-0.4, -0.2) is 46.3 Å². The lowest BCUT2D eigenvalue weighted by Crippen LogP contribution is -2.46. The van der Waals surface area contributed by atoms with E-state index < -0.39 is 11.7 Å². The lowest BCUT2D eigenvalue weighted by Gasteiger charge is -2.35. The molecule has 4 rings (SSSR count). The number of carbonyl (C=O) groups is 2. The first-order valence-electron chi connectivity index (χ1n) is 10.1. The Balaban J connectivity index is 1.58. The molecule has 0 aliphatic carbocycles. The third kappa shape index (κ3) is 3.68. The van der Waals surface area contributed by atoms with Gasteiger partial charge in [0.1, 0.15) is 11.4 Å². The van der Waals surface area contributed by atoms with E-state index in [2.05, 4.69) is 14.8 Å². The van der Waals surface area contributed by atoms with E-state index >= 15 is 0 Å². The van der Waals surface area contributed by atoms with Crippen molar-refractivity contribution < 1.29 is 14.3 Å². The molecule has 1 saturated heterocycles. The van der Waals surface area contributed by atoms with Crippen LogP contribution in [0.25, 0.3) is 21.6 Å². The van der Waals surface area contributed by atoms with Crippen LogP contribution in [0.15, 0.2) is 54.4 Å². The van der Waals surface area contributed by atoms with E-state index in [0.29, 0.717) is 41.9 Å². The van der Waals surface area contributed by atoms with Gasteiger partial charge in [0.15, 0.2) is 5.70 Å². The zero-order valence-electron chi connectivity index (χ0n) is 17.4. The monoisotopic (exact) mass is 414 g/mol. The average Bonchev–Trinajstić information content (AvgIpc) is 3.24. The number of Topliss-reactive ketones (excluding diaryl/α,β-unsaturated/α-hetero) is 1. The number of nitrogens with zero attached hydrogens (tertiary/aromatic N) is 3. The minimum Gasteiger partial charge on any atom is -0.496 e. The van der Waals surface area contributed by atoms with Crippen LogP contribution < -0.4 is 4.74 Å². The molecule has 1 N–H and O–H groups in total. The number of piperidine rings is 1. The van der Waals surface area contributed by atoms with Crippen LogP contribution in [0.4, 0.5) is 0 Å². The van der Waals surface area contributed by atoms with E-state index in [0.717, 1.165) is 11.1 Å². The van der Waals surface area contributed by atoms with Gasteiger partial charge in [-0.15, -0.1) is 0 Å². The van der Waals surface area contributed by atoms with Crippen molar-refractivity contribution in [3.63, 3.8) is 0 Å². The van der Waals surface area contributed by atoms with Gasteiger partial charge in [-0.2, -0.15) is 0 Å². The number of methoxy groups -OCH3 is 1. The summed E-state index contributed by atoms with van der Waals surface area (Å²) in [6.07, 6.45) is 4.21. The second-order valence-electron chi connectivity index (χ2n) is 7.50. The fourth-order valence-corrected chi connectivity index (χ4v) is 4.13. The quantitative estimate of drug-likeness (QED) is 0.396. The largest absolute Gasteiger partial charge is 0.496 e. The number of ketones is 1. The number of aromatic nitrogens is 2. The number of likely N-dealkylation sites (tertiary alicyclic amines) is 1. The normalized spacial score (nSPS) is 17.8. The van der Waals surface area contributed by atoms with Crippen LogP contribution in [0.5, 0.6) is 5.75 Å². The molecule has 1 atom stereocenters. The second-order valence-corrected chi connectivity index (χ2v) is 7.50. The van der Waals surface area contributed by atoms with E-state index in [1.807, 2.05) is 37.3 Å². The van der Waals surface area contributed by atoms with E-state index in [1.165, 1.54) is 13.3 Å². The number of carbonyl (C=O) groups excluding carboxylic acids is 2. The smallest absolute Gasteiger partial charge is 0.295 e. The number of benzene rings is 1. The number of pyridine rings is 1. The Labute approximate surface area is 180 Å². The summed E-state index contributed by atoms with van der Waals surface area (Å²) in [4.78, 5) is 38.6. The summed E-state index contributed by atoms with van der Waals surface area (Å²) in [6, 6.07) is 11.0. The van der Waals surface area contributed by atoms with Crippen molar-refractivity contribution in [2.75, 3.05) is 13.7 Å². The van der Waals surface area contributed by atoms with Crippen LogP contribution in [0.1, 0.15) is 35.7 Å². The number of ether oxygens (including phenoxy) is 1. The molecule has 0 spiro atoms. The maximum Gasteiger partial charge on any atom is 0.295 e. The highest BCUT2D eigenvalue weighted by molar-refractivity contribution is 6.45. The first kappa shape index (κ1) is 20.4. The average molecular weight is 414 g/mol. The Hall–Kier alpha value is -3.92. The summed E-state index contributed by atoms with van der Waals surface area (Å²) in [5, 5.41) is 0.507. The third-order valence-corrected chi connectivity index (χ3v) is 5.68. The zero-order valence-corrected chi connectivity index (χ0v) is 17.4. The van der Waals surface area contributed by atoms with E-state index in [9.17, 15) is 9.59 Å². The number of amides is 1. The third-order valence-electron chi connectivity index (χ3n) is 5.68. The van der Waals surface area contributed by atoms with Crippen LogP contribution >= 0.6 is 0 Å². The molecule has 1 aromatic carbocycles. The predicted octanol–water partition coefficient (Wildman–Crippen LogP) is 4.10. The highest BCUT2D eigenvalue weighted by Gasteiger charge is 2.33. The molecular weight excluding hydrogens is 392 g/mol. The number of fused-ring (bicyclic) bond motifs is 1. The Kier molecular flexibility index (Phi) is 5.54. The molecule has 3 heterocycles. The van der Waals surface area contributed by atoms with Gasteiger partial charge in [-0.25, -0.2) is 9.83 Å². The first-order valence-corrected chi connectivity index (χ1v) is 10.1. The maximum atomic E-state index is 13.1. The molecule has 7 heteroatoms. The SMILES string of the molecule is [C-]#[N+]C(=C1CCN(C(=O)C(=O)c2c[nH]c3nccc(OC)c23)C(C)C1)c1ccccc1. The summed E-state index contributed by atoms with van der Waals surface area (Å²) in [5.41, 5.74) is 3.29. The fraction of sp³-hybridized carbons (Fsp3) is 0.250. The van der Waals surface area contributed by atoms with Gasteiger partial charge in [-0.1, -0.05) is 35.9 Å². The minimum atomic E-state index is -0.592. The van der Waals surface area contributed by atoms with Gasteiger partial charge >= 0.3 is 0 Å². The van der Waals surface area contributed by atoms with E-state index in [4.69, 9.17) is 11.3 Å². The van der Waals surface area contributed by atoms with Crippen LogP contribution in [-0.2, 0) is 4.79 Å². The van der Waals surface area contributed by atoms with Crippen molar-refractivity contribution in [1.29, 1.82) is 0 Å². The second kappa shape index (κ2) is 8.44. The summed E-state index contributed by atoms with van der Waals surface area (Å²) < 4.78 is 5.35. The molecule has 1 unspecified atom stereocenters. The molecule has 3 aromatic rings. The van der Waals surface area contributed by atoms with Crippen LogP contribution in [0.3, 0.4) is 0 Å². The topological polar surface area (TPSA) is 79.7 Å². The number of nitrogens with one attached hydrogen (secondary N) is 1. The number of hydrogen-bond donors (Lipinski definition) is 1. The van der Waals surface area contributed by atoms with Gasteiger partial charge in [0, 0.05) is 25.0 Å². The van der Waals surface area contributed by atoms with Crippen LogP contribution in [0, 0.1) is 6.57 Å². The number of aromatic amines is 1. The van der Waals surface area contributed by atoms with Gasteiger partial charge in [-0.3, -0.25) is 9.59 Å². The molecule has 7 nitrogen and oxygen atoms in total. The van der Waals surface area contributed by atoms with Gasteiger partial charge in [-0.05, 0) is 31.4 Å².